The van der Waals surface area contributed by atoms with E-state index in [-0.39, 0.29) is 5.97 Å². The fourth-order valence-electron chi connectivity index (χ4n) is 0.726. The Hall–Kier alpha value is -0.480. The van der Waals surface area contributed by atoms with Gasteiger partial charge in [0.2, 0.25) is 0 Å². The number of hydrogen-bond acceptors (Lipinski definition) is 4. The molecule has 0 aromatic rings. The zero-order valence-electron chi connectivity index (χ0n) is 8.21. The predicted molar refractivity (Wildman–Crippen MR) is 56.7 cm³/mol. The van der Waals surface area contributed by atoms with Gasteiger partial charge in [0.15, 0.2) is 0 Å². The maximum absolute atomic E-state index is 10.9. The third kappa shape index (κ3) is 6.66. The van der Waals surface area contributed by atoms with Gasteiger partial charge in [-0.1, -0.05) is 12.2 Å². The molecule has 0 amide bonds. The summed E-state index contributed by atoms with van der Waals surface area (Å²) in [6.45, 7) is 5.76. The smallest absolute Gasteiger partial charge is 0.322 e. The summed E-state index contributed by atoms with van der Waals surface area (Å²) in [4.78, 5) is 10.9. The standard InChI is InChI=1S/C9H17NO2S/c1-7(2)6-13-5-4-8(10)9(11)12-3/h8H,1,4-6,10H2,2-3H3. The molecule has 0 radical (unpaired) electrons. The quantitative estimate of drug-likeness (QED) is 0.400. The summed E-state index contributed by atoms with van der Waals surface area (Å²) < 4.78 is 4.50. The summed E-state index contributed by atoms with van der Waals surface area (Å²) in [5, 5.41) is 0. The Bertz CT molecular complexity index is 182. The first-order valence-corrected chi connectivity index (χ1v) is 5.29. The maximum Gasteiger partial charge on any atom is 0.322 e. The minimum absolute atomic E-state index is 0.337. The van der Waals surface area contributed by atoms with E-state index in [1.807, 2.05) is 6.92 Å². The summed E-state index contributed by atoms with van der Waals surface area (Å²) >= 11 is 1.73. The molecule has 0 aromatic carbocycles. The van der Waals surface area contributed by atoms with Crippen LogP contribution < -0.4 is 5.73 Å². The number of thioether (sulfide) groups is 1. The van der Waals surface area contributed by atoms with Gasteiger partial charge in [-0.2, -0.15) is 11.8 Å². The van der Waals surface area contributed by atoms with Crippen molar-refractivity contribution in [2.75, 3.05) is 18.6 Å². The highest BCUT2D eigenvalue weighted by Gasteiger charge is 2.12. The zero-order valence-corrected chi connectivity index (χ0v) is 9.02. The molecular formula is C9H17NO2S. The highest BCUT2D eigenvalue weighted by atomic mass is 32.2. The SMILES string of the molecule is C=C(C)CSCCC(N)C(=O)OC. The van der Waals surface area contributed by atoms with E-state index in [9.17, 15) is 4.79 Å². The lowest BCUT2D eigenvalue weighted by atomic mass is 10.2. The van der Waals surface area contributed by atoms with Gasteiger partial charge in [-0.25, -0.2) is 0 Å². The summed E-state index contributed by atoms with van der Waals surface area (Å²) in [7, 11) is 1.35. The number of esters is 1. The average molecular weight is 203 g/mol. The van der Waals surface area contributed by atoms with Gasteiger partial charge in [0, 0.05) is 5.75 Å². The van der Waals surface area contributed by atoms with E-state index in [0.717, 1.165) is 17.1 Å². The fraction of sp³-hybridized carbons (Fsp3) is 0.667. The number of methoxy groups -OCH3 is 1. The first-order valence-electron chi connectivity index (χ1n) is 4.13. The van der Waals surface area contributed by atoms with Crippen molar-refractivity contribution in [3.63, 3.8) is 0 Å². The van der Waals surface area contributed by atoms with Gasteiger partial charge in [0.1, 0.15) is 6.04 Å². The van der Waals surface area contributed by atoms with Gasteiger partial charge in [-0.3, -0.25) is 4.79 Å². The molecule has 0 rings (SSSR count). The molecule has 0 saturated carbocycles. The minimum atomic E-state index is -0.484. The van der Waals surface area contributed by atoms with E-state index < -0.39 is 6.04 Å². The highest BCUT2D eigenvalue weighted by molar-refractivity contribution is 7.99. The molecule has 0 aromatic heterocycles. The first kappa shape index (κ1) is 12.5. The number of hydrogen-bond donors (Lipinski definition) is 1. The molecule has 0 heterocycles. The Labute approximate surface area is 83.7 Å². The third-order valence-corrected chi connectivity index (χ3v) is 2.65. The van der Waals surface area contributed by atoms with Gasteiger partial charge < -0.3 is 10.5 Å². The summed E-state index contributed by atoms with van der Waals surface area (Å²) in [6, 6.07) is -0.484. The van der Waals surface area contributed by atoms with Crippen molar-refractivity contribution in [1.29, 1.82) is 0 Å². The monoisotopic (exact) mass is 203 g/mol. The molecule has 0 spiro atoms. The summed E-state index contributed by atoms with van der Waals surface area (Å²) in [6.07, 6.45) is 0.657. The van der Waals surface area contributed by atoms with E-state index in [4.69, 9.17) is 5.73 Å². The van der Waals surface area contributed by atoms with Crippen LogP contribution in [0.1, 0.15) is 13.3 Å². The number of carbonyl (C=O) groups is 1. The molecule has 1 atom stereocenters. The van der Waals surface area contributed by atoms with Crippen LogP contribution in [0.5, 0.6) is 0 Å². The molecule has 2 N–H and O–H groups in total. The van der Waals surface area contributed by atoms with E-state index in [2.05, 4.69) is 11.3 Å². The second-order valence-electron chi connectivity index (χ2n) is 2.93. The van der Waals surface area contributed by atoms with Crippen LogP contribution in [0.4, 0.5) is 0 Å². The average Bonchev–Trinajstić information content (AvgIpc) is 2.10. The Balaban J connectivity index is 3.42. The molecule has 0 saturated heterocycles. The lowest BCUT2D eigenvalue weighted by Gasteiger charge is -2.08. The molecule has 1 unspecified atom stereocenters. The second-order valence-corrected chi connectivity index (χ2v) is 4.03. The van der Waals surface area contributed by atoms with E-state index in [1.54, 1.807) is 11.8 Å². The fourth-order valence-corrected chi connectivity index (χ4v) is 1.64. The Morgan fingerprint density at radius 1 is 1.69 bits per heavy atom. The molecule has 0 aliphatic heterocycles. The molecule has 76 valence electrons. The molecule has 4 heteroatoms. The summed E-state index contributed by atoms with van der Waals surface area (Å²) in [5.74, 6) is 1.45. The number of carbonyl (C=O) groups excluding carboxylic acids is 1. The third-order valence-electron chi connectivity index (χ3n) is 1.43. The van der Waals surface area contributed by atoms with Crippen LogP contribution in [0, 0.1) is 0 Å². The van der Waals surface area contributed by atoms with Crippen molar-refractivity contribution in [3.05, 3.63) is 12.2 Å². The van der Waals surface area contributed by atoms with Crippen LogP contribution in [-0.4, -0.2) is 30.6 Å². The Morgan fingerprint density at radius 2 is 2.31 bits per heavy atom. The van der Waals surface area contributed by atoms with E-state index in [1.165, 1.54) is 7.11 Å². The van der Waals surface area contributed by atoms with Gasteiger partial charge in [0.25, 0.3) is 0 Å². The van der Waals surface area contributed by atoms with Gasteiger partial charge >= 0.3 is 5.97 Å². The topological polar surface area (TPSA) is 52.3 Å². The van der Waals surface area contributed by atoms with Crippen molar-refractivity contribution in [2.45, 2.75) is 19.4 Å². The largest absolute Gasteiger partial charge is 0.468 e. The lowest BCUT2D eigenvalue weighted by Crippen LogP contribution is -2.32. The zero-order chi connectivity index (χ0) is 10.3. The van der Waals surface area contributed by atoms with Crippen molar-refractivity contribution in [3.8, 4) is 0 Å². The molecule has 13 heavy (non-hydrogen) atoms. The van der Waals surface area contributed by atoms with Crippen LogP contribution in [0.3, 0.4) is 0 Å². The highest BCUT2D eigenvalue weighted by Crippen LogP contribution is 2.08. The summed E-state index contributed by atoms with van der Waals surface area (Å²) in [5.41, 5.74) is 6.67. The van der Waals surface area contributed by atoms with Gasteiger partial charge in [-0.05, 0) is 19.1 Å². The van der Waals surface area contributed by atoms with Gasteiger partial charge in [-0.15, -0.1) is 0 Å². The molecule has 0 bridgehead atoms. The van der Waals surface area contributed by atoms with Gasteiger partial charge in [0.05, 0.1) is 7.11 Å². The number of ether oxygens (including phenoxy) is 1. The predicted octanol–water partition coefficient (Wildman–Crippen LogP) is 1.19. The number of rotatable bonds is 6. The minimum Gasteiger partial charge on any atom is -0.468 e. The van der Waals surface area contributed by atoms with Crippen LogP contribution in [0.15, 0.2) is 12.2 Å². The van der Waals surface area contributed by atoms with Crippen molar-refractivity contribution in [1.82, 2.24) is 0 Å². The lowest BCUT2D eigenvalue weighted by molar-refractivity contribution is -0.142. The number of nitrogens with two attached hydrogens (primary N) is 1. The maximum atomic E-state index is 10.9. The molecular weight excluding hydrogens is 186 g/mol. The van der Waals surface area contributed by atoms with E-state index in [0.29, 0.717) is 6.42 Å². The molecule has 0 aliphatic carbocycles. The normalized spacial score (nSPS) is 12.2. The van der Waals surface area contributed by atoms with Crippen molar-refractivity contribution in [2.24, 2.45) is 5.73 Å². The van der Waals surface area contributed by atoms with Crippen LogP contribution >= 0.6 is 11.8 Å². The van der Waals surface area contributed by atoms with Crippen LogP contribution in [0.2, 0.25) is 0 Å². The van der Waals surface area contributed by atoms with E-state index >= 15 is 0 Å². The molecule has 0 fully saturated rings. The van der Waals surface area contributed by atoms with Crippen molar-refractivity contribution < 1.29 is 9.53 Å². The molecule has 3 nitrogen and oxygen atoms in total. The second kappa shape index (κ2) is 6.97. The Kier molecular flexibility index (Phi) is 6.72. The molecule has 0 aliphatic rings. The van der Waals surface area contributed by atoms with Crippen LogP contribution in [0.25, 0.3) is 0 Å². The first-order chi connectivity index (χ1) is 6.07. The van der Waals surface area contributed by atoms with Crippen molar-refractivity contribution >= 4 is 17.7 Å². The Morgan fingerprint density at radius 3 is 2.77 bits per heavy atom. The van der Waals surface area contributed by atoms with Crippen LogP contribution in [-0.2, 0) is 9.53 Å².